The van der Waals surface area contributed by atoms with Gasteiger partial charge in [-0.15, -0.1) is 0 Å². The summed E-state index contributed by atoms with van der Waals surface area (Å²) < 4.78 is 16.9. The molecule has 2 aliphatic rings. The molecule has 2 heterocycles. The molecule has 0 bridgehead atoms. The number of rotatable bonds is 8. The molecule has 2 fully saturated rings. The van der Waals surface area contributed by atoms with Crippen LogP contribution >= 0.6 is 12.2 Å². The topological polar surface area (TPSA) is 77.1 Å². The predicted molar refractivity (Wildman–Crippen MR) is 137 cm³/mol. The van der Waals surface area contributed by atoms with Gasteiger partial charge in [-0.25, -0.2) is 9.69 Å². The van der Waals surface area contributed by atoms with E-state index in [4.69, 9.17) is 26.4 Å². The average Bonchev–Trinajstić information content (AvgIpc) is 3.45. The zero-order valence-corrected chi connectivity index (χ0v) is 20.4. The first-order chi connectivity index (χ1) is 17.6. The standard InChI is InChI=1S/C28H26N2O5S/c31-26(30-22(18-34-28(30)32)15-19-7-3-1-4-8-19)25-24(35-27(36)29-25)16-20-11-13-23(14-12-20)33-17-21-9-5-2-6-10-21/h1-14,22,24-25H,15-18H2,(H,29,36)/t22-,24?,25-/m0/s1. The fourth-order valence-electron chi connectivity index (χ4n) is 4.45. The molecule has 2 amide bonds. The highest BCUT2D eigenvalue weighted by atomic mass is 32.1. The lowest BCUT2D eigenvalue weighted by Crippen LogP contribution is -2.52. The molecule has 0 radical (unpaired) electrons. The Morgan fingerprint density at radius 3 is 2.25 bits per heavy atom. The van der Waals surface area contributed by atoms with E-state index in [0.29, 0.717) is 19.4 Å². The monoisotopic (exact) mass is 502 g/mol. The van der Waals surface area contributed by atoms with Gasteiger partial charge >= 0.3 is 6.09 Å². The van der Waals surface area contributed by atoms with Crippen molar-refractivity contribution >= 4 is 29.4 Å². The maximum Gasteiger partial charge on any atom is 0.417 e. The summed E-state index contributed by atoms with van der Waals surface area (Å²) in [6.45, 7) is 0.642. The average molecular weight is 503 g/mol. The molecule has 1 unspecified atom stereocenters. The lowest BCUT2D eigenvalue weighted by molar-refractivity contribution is -0.132. The van der Waals surface area contributed by atoms with E-state index >= 15 is 0 Å². The summed E-state index contributed by atoms with van der Waals surface area (Å²) in [5, 5.41) is 3.09. The Balaban J connectivity index is 1.24. The normalized spacial score (nSPS) is 21.0. The minimum absolute atomic E-state index is 0.147. The Morgan fingerprint density at radius 2 is 1.56 bits per heavy atom. The summed E-state index contributed by atoms with van der Waals surface area (Å²) in [7, 11) is 0. The highest BCUT2D eigenvalue weighted by Crippen LogP contribution is 2.24. The quantitative estimate of drug-likeness (QED) is 0.466. The number of carbonyl (C=O) groups is 2. The van der Waals surface area contributed by atoms with Crippen LogP contribution in [0.2, 0.25) is 0 Å². The van der Waals surface area contributed by atoms with Crippen molar-refractivity contribution in [3.63, 3.8) is 0 Å². The molecule has 3 aromatic rings. The number of benzene rings is 3. The fraction of sp³-hybridized carbons (Fsp3) is 0.250. The van der Waals surface area contributed by atoms with Crippen LogP contribution in [0.5, 0.6) is 5.75 Å². The second kappa shape index (κ2) is 10.8. The Kier molecular flexibility index (Phi) is 7.13. The van der Waals surface area contributed by atoms with Crippen LogP contribution in [0.25, 0.3) is 0 Å². The molecule has 8 heteroatoms. The van der Waals surface area contributed by atoms with E-state index in [1.165, 1.54) is 4.90 Å². The van der Waals surface area contributed by atoms with Crippen molar-refractivity contribution in [2.24, 2.45) is 0 Å². The highest BCUT2D eigenvalue weighted by molar-refractivity contribution is 7.80. The second-order valence-electron chi connectivity index (χ2n) is 8.82. The number of hydrogen-bond donors (Lipinski definition) is 1. The lowest BCUT2D eigenvalue weighted by atomic mass is 10.00. The molecule has 0 aromatic heterocycles. The van der Waals surface area contributed by atoms with Crippen LogP contribution in [0.4, 0.5) is 4.79 Å². The van der Waals surface area contributed by atoms with Crippen LogP contribution in [-0.2, 0) is 33.7 Å². The maximum atomic E-state index is 13.5. The predicted octanol–water partition coefficient (Wildman–Crippen LogP) is 4.04. The first-order valence-electron chi connectivity index (χ1n) is 11.8. The number of hydrogen-bond acceptors (Lipinski definition) is 6. The van der Waals surface area contributed by atoms with Gasteiger partial charge in [-0.05, 0) is 47.5 Å². The number of nitrogens with zero attached hydrogens (tertiary/aromatic N) is 1. The van der Waals surface area contributed by atoms with E-state index in [1.54, 1.807) is 0 Å². The molecular formula is C28H26N2O5S. The molecule has 2 saturated heterocycles. The second-order valence-corrected chi connectivity index (χ2v) is 9.19. The first kappa shape index (κ1) is 23.8. The van der Waals surface area contributed by atoms with Crippen molar-refractivity contribution in [3.05, 3.63) is 102 Å². The molecule has 0 aliphatic carbocycles. The molecule has 0 spiro atoms. The van der Waals surface area contributed by atoms with Crippen molar-refractivity contribution in [2.75, 3.05) is 6.61 Å². The smallest absolute Gasteiger partial charge is 0.417 e. The van der Waals surface area contributed by atoms with E-state index in [2.05, 4.69) is 5.32 Å². The lowest BCUT2D eigenvalue weighted by Gasteiger charge is -2.24. The molecule has 2 aliphatic heterocycles. The van der Waals surface area contributed by atoms with Gasteiger partial charge < -0.3 is 19.5 Å². The fourth-order valence-corrected chi connectivity index (χ4v) is 4.70. The SMILES string of the molecule is O=C1OC[C@H](Cc2ccccc2)N1C(=O)[C@H]1NC(=S)OC1Cc1ccc(OCc2ccccc2)cc1. The molecule has 36 heavy (non-hydrogen) atoms. The number of ether oxygens (including phenoxy) is 3. The van der Waals surface area contributed by atoms with E-state index in [-0.39, 0.29) is 17.8 Å². The van der Waals surface area contributed by atoms with Gasteiger partial charge in [0.2, 0.25) is 0 Å². The zero-order valence-electron chi connectivity index (χ0n) is 19.5. The largest absolute Gasteiger partial charge is 0.489 e. The van der Waals surface area contributed by atoms with Crippen LogP contribution < -0.4 is 10.1 Å². The van der Waals surface area contributed by atoms with E-state index < -0.39 is 24.1 Å². The minimum atomic E-state index is -0.782. The number of carbonyl (C=O) groups excluding carboxylic acids is 2. The Bertz CT molecular complexity index is 1220. The third kappa shape index (κ3) is 5.49. The molecule has 3 atom stereocenters. The van der Waals surface area contributed by atoms with Gasteiger partial charge in [-0.1, -0.05) is 72.8 Å². The highest BCUT2D eigenvalue weighted by Gasteiger charge is 2.46. The van der Waals surface area contributed by atoms with Crippen LogP contribution in [0, 0.1) is 0 Å². The summed E-state index contributed by atoms with van der Waals surface area (Å²) in [4.78, 5) is 27.2. The summed E-state index contributed by atoms with van der Waals surface area (Å²) >= 11 is 5.21. The van der Waals surface area contributed by atoms with E-state index in [9.17, 15) is 9.59 Å². The van der Waals surface area contributed by atoms with Gasteiger partial charge in [0.05, 0.1) is 6.04 Å². The number of amides is 2. The van der Waals surface area contributed by atoms with Crippen molar-refractivity contribution in [2.45, 2.75) is 37.6 Å². The van der Waals surface area contributed by atoms with Crippen LogP contribution in [0.15, 0.2) is 84.9 Å². The Labute approximate surface area is 215 Å². The Morgan fingerprint density at radius 1 is 0.917 bits per heavy atom. The first-order valence-corrected chi connectivity index (χ1v) is 12.2. The third-order valence-corrected chi connectivity index (χ3v) is 6.50. The zero-order chi connectivity index (χ0) is 24.9. The summed E-state index contributed by atoms with van der Waals surface area (Å²) in [6.07, 6.45) is -0.230. The number of thiocarbonyl (C=S) groups is 1. The van der Waals surface area contributed by atoms with Crippen LogP contribution in [0.3, 0.4) is 0 Å². The van der Waals surface area contributed by atoms with Crippen molar-refractivity contribution < 1.29 is 23.8 Å². The number of nitrogens with one attached hydrogen (secondary N) is 1. The maximum absolute atomic E-state index is 13.5. The van der Waals surface area contributed by atoms with Crippen molar-refractivity contribution in [3.8, 4) is 5.75 Å². The van der Waals surface area contributed by atoms with E-state index in [1.807, 2.05) is 84.9 Å². The minimum Gasteiger partial charge on any atom is -0.489 e. The van der Waals surface area contributed by atoms with Gasteiger partial charge in [-0.2, -0.15) is 0 Å². The van der Waals surface area contributed by atoms with Gasteiger partial charge in [0.15, 0.2) is 0 Å². The van der Waals surface area contributed by atoms with Crippen molar-refractivity contribution in [1.82, 2.24) is 10.2 Å². The van der Waals surface area contributed by atoms with Crippen LogP contribution in [-0.4, -0.2) is 46.9 Å². The molecule has 7 nitrogen and oxygen atoms in total. The van der Waals surface area contributed by atoms with Gasteiger partial charge in [0.1, 0.15) is 31.1 Å². The number of imide groups is 1. The summed E-state index contributed by atoms with van der Waals surface area (Å²) in [5.41, 5.74) is 3.07. The number of cyclic esters (lactones) is 1. The third-order valence-electron chi connectivity index (χ3n) is 6.29. The van der Waals surface area contributed by atoms with Gasteiger partial charge in [-0.3, -0.25) is 4.79 Å². The summed E-state index contributed by atoms with van der Waals surface area (Å²) in [6, 6.07) is 26.2. The molecule has 1 N–H and O–H groups in total. The molecule has 3 aromatic carbocycles. The van der Waals surface area contributed by atoms with E-state index in [0.717, 1.165) is 22.4 Å². The Hall–Kier alpha value is -3.91. The summed E-state index contributed by atoms with van der Waals surface area (Å²) in [5.74, 6) is 0.353. The molecular weight excluding hydrogens is 476 g/mol. The molecule has 0 saturated carbocycles. The van der Waals surface area contributed by atoms with Gasteiger partial charge in [0.25, 0.3) is 11.1 Å². The van der Waals surface area contributed by atoms with Crippen LogP contribution in [0.1, 0.15) is 16.7 Å². The molecule has 5 rings (SSSR count). The van der Waals surface area contributed by atoms with Gasteiger partial charge in [0, 0.05) is 6.42 Å². The molecule has 184 valence electrons. The van der Waals surface area contributed by atoms with Crippen molar-refractivity contribution in [1.29, 1.82) is 0 Å².